The highest BCUT2D eigenvalue weighted by Crippen LogP contribution is 1.97. The zero-order valence-corrected chi connectivity index (χ0v) is 9.06. The number of halogens is 1. The molecule has 0 spiro atoms. The second-order valence-corrected chi connectivity index (χ2v) is 3.03. The molecule has 1 aliphatic heterocycles. The largest absolute Gasteiger partial charge is 0.328 e. The van der Waals surface area contributed by atoms with Crippen molar-refractivity contribution >= 4 is 18.4 Å². The smallest absolute Gasteiger partial charge is 0.319 e. The van der Waals surface area contributed by atoms with E-state index in [0.717, 1.165) is 32.7 Å². The van der Waals surface area contributed by atoms with Crippen molar-refractivity contribution in [1.82, 2.24) is 15.1 Å². The van der Waals surface area contributed by atoms with Gasteiger partial charge in [0.25, 0.3) is 0 Å². The van der Waals surface area contributed by atoms with Crippen molar-refractivity contribution in [2.45, 2.75) is 6.92 Å². The molecule has 0 unspecified atom stereocenters. The molecule has 0 radical (unpaired) electrons. The molecule has 1 fully saturated rings. The summed E-state index contributed by atoms with van der Waals surface area (Å²) in [6, 6.07) is 0.152. The van der Waals surface area contributed by atoms with Crippen molar-refractivity contribution < 1.29 is 4.79 Å². The number of amides is 2. The highest BCUT2D eigenvalue weighted by Gasteiger charge is 2.17. The van der Waals surface area contributed by atoms with Gasteiger partial charge in [-0.05, 0) is 6.92 Å². The molecule has 0 aliphatic carbocycles. The first-order valence-corrected chi connectivity index (χ1v) is 4.46. The van der Waals surface area contributed by atoms with Crippen LogP contribution in [0.1, 0.15) is 6.92 Å². The van der Waals surface area contributed by atoms with E-state index in [1.54, 1.807) is 4.90 Å². The zero-order chi connectivity index (χ0) is 8.97. The molecule has 0 bridgehead atoms. The monoisotopic (exact) mass is 207 g/mol. The third kappa shape index (κ3) is 3.40. The molecule has 0 aromatic rings. The lowest BCUT2D eigenvalue weighted by Gasteiger charge is -2.30. The lowest BCUT2D eigenvalue weighted by atomic mass is 10.4. The average Bonchev–Trinajstić information content (AvgIpc) is 2.17. The topological polar surface area (TPSA) is 35.6 Å². The van der Waals surface area contributed by atoms with Crippen molar-refractivity contribution in [1.29, 1.82) is 0 Å². The molecule has 2 amide bonds. The first kappa shape index (κ1) is 12.5. The van der Waals surface area contributed by atoms with Gasteiger partial charge in [-0.1, -0.05) is 0 Å². The van der Waals surface area contributed by atoms with E-state index < -0.39 is 0 Å². The molecule has 0 aromatic heterocycles. The third-order valence-electron chi connectivity index (χ3n) is 2.19. The number of piperazine rings is 1. The van der Waals surface area contributed by atoms with Gasteiger partial charge < -0.3 is 15.1 Å². The Hall–Kier alpha value is -0.480. The zero-order valence-electron chi connectivity index (χ0n) is 8.25. The van der Waals surface area contributed by atoms with Crippen LogP contribution in [0.5, 0.6) is 0 Å². The fourth-order valence-corrected chi connectivity index (χ4v) is 1.23. The average molecular weight is 208 g/mol. The minimum Gasteiger partial charge on any atom is -0.328 e. The van der Waals surface area contributed by atoms with Crippen LogP contribution in [-0.2, 0) is 0 Å². The fourth-order valence-electron chi connectivity index (χ4n) is 1.23. The number of nitrogens with zero attached hydrogens (tertiary/aromatic N) is 2. The van der Waals surface area contributed by atoms with E-state index in [0.29, 0.717) is 0 Å². The second kappa shape index (κ2) is 6.05. The molecule has 1 aliphatic rings. The van der Waals surface area contributed by atoms with Crippen molar-refractivity contribution in [3.63, 3.8) is 0 Å². The van der Waals surface area contributed by atoms with Gasteiger partial charge in [0, 0.05) is 39.8 Å². The maximum absolute atomic E-state index is 11.6. The van der Waals surface area contributed by atoms with Crippen molar-refractivity contribution in [2.24, 2.45) is 0 Å². The quantitative estimate of drug-likeness (QED) is 0.675. The van der Waals surface area contributed by atoms with E-state index in [1.165, 1.54) is 0 Å². The van der Waals surface area contributed by atoms with Gasteiger partial charge in [-0.3, -0.25) is 0 Å². The van der Waals surface area contributed by atoms with E-state index >= 15 is 0 Å². The first-order chi connectivity index (χ1) is 5.75. The van der Waals surface area contributed by atoms with Crippen molar-refractivity contribution in [3.05, 3.63) is 0 Å². The summed E-state index contributed by atoms with van der Waals surface area (Å²) in [4.78, 5) is 15.2. The molecule has 13 heavy (non-hydrogen) atoms. The molecule has 1 heterocycles. The molecule has 78 valence electrons. The highest BCUT2D eigenvalue weighted by atomic mass is 35.5. The van der Waals surface area contributed by atoms with Gasteiger partial charge in [0.05, 0.1) is 0 Å². The van der Waals surface area contributed by atoms with Crippen LogP contribution in [0.3, 0.4) is 0 Å². The Labute approximate surface area is 85.7 Å². The Morgan fingerprint density at radius 3 is 2.46 bits per heavy atom. The fraction of sp³-hybridized carbons (Fsp3) is 0.875. The molecule has 1 saturated heterocycles. The van der Waals surface area contributed by atoms with Crippen LogP contribution in [0.4, 0.5) is 4.79 Å². The van der Waals surface area contributed by atoms with Gasteiger partial charge in [-0.2, -0.15) is 0 Å². The maximum Gasteiger partial charge on any atom is 0.319 e. The van der Waals surface area contributed by atoms with Gasteiger partial charge in [0.15, 0.2) is 0 Å². The van der Waals surface area contributed by atoms with Crippen LogP contribution in [0.15, 0.2) is 0 Å². The summed E-state index contributed by atoms with van der Waals surface area (Å²) in [6.07, 6.45) is 0. The van der Waals surface area contributed by atoms with Crippen LogP contribution < -0.4 is 5.32 Å². The van der Waals surface area contributed by atoms with Gasteiger partial charge in [-0.15, -0.1) is 12.4 Å². The predicted molar refractivity (Wildman–Crippen MR) is 55.4 cm³/mol. The summed E-state index contributed by atoms with van der Waals surface area (Å²) >= 11 is 0. The number of urea groups is 1. The van der Waals surface area contributed by atoms with Crippen molar-refractivity contribution in [2.75, 3.05) is 39.8 Å². The molecular weight excluding hydrogens is 190 g/mol. The van der Waals surface area contributed by atoms with E-state index in [2.05, 4.69) is 5.32 Å². The molecule has 5 heteroatoms. The summed E-state index contributed by atoms with van der Waals surface area (Å²) in [5.41, 5.74) is 0. The van der Waals surface area contributed by atoms with Crippen LogP contribution in [0.25, 0.3) is 0 Å². The summed E-state index contributed by atoms with van der Waals surface area (Å²) in [5.74, 6) is 0. The molecule has 0 saturated carbocycles. The minimum atomic E-state index is 0. The Kier molecular flexibility index (Phi) is 5.82. The van der Waals surface area contributed by atoms with Gasteiger partial charge >= 0.3 is 6.03 Å². The van der Waals surface area contributed by atoms with E-state index in [9.17, 15) is 4.79 Å². The number of carbonyl (C=O) groups excluding carboxylic acids is 1. The summed E-state index contributed by atoms with van der Waals surface area (Å²) in [5, 5.41) is 3.21. The van der Waals surface area contributed by atoms with E-state index in [4.69, 9.17) is 0 Å². The highest BCUT2D eigenvalue weighted by molar-refractivity contribution is 5.85. The Balaban J connectivity index is 0.00000144. The molecule has 1 N–H and O–H groups in total. The van der Waals surface area contributed by atoms with Crippen molar-refractivity contribution in [3.8, 4) is 0 Å². The number of nitrogens with one attached hydrogen (secondary N) is 1. The molecular formula is C8H18ClN3O. The minimum absolute atomic E-state index is 0. The number of carbonyl (C=O) groups is 1. The van der Waals surface area contributed by atoms with Crippen LogP contribution in [0, 0.1) is 0 Å². The van der Waals surface area contributed by atoms with Crippen LogP contribution in [0.2, 0.25) is 0 Å². The van der Waals surface area contributed by atoms with Crippen LogP contribution in [-0.4, -0.2) is 55.6 Å². The summed E-state index contributed by atoms with van der Waals surface area (Å²) in [7, 11) is 1.84. The van der Waals surface area contributed by atoms with Gasteiger partial charge in [0.2, 0.25) is 0 Å². The first-order valence-electron chi connectivity index (χ1n) is 4.46. The second-order valence-electron chi connectivity index (χ2n) is 3.03. The van der Waals surface area contributed by atoms with E-state index in [-0.39, 0.29) is 18.4 Å². The SMILES string of the molecule is CCN(C)C(=O)N1CCNCC1.Cl. The summed E-state index contributed by atoms with van der Waals surface area (Å²) < 4.78 is 0. The molecule has 4 nitrogen and oxygen atoms in total. The Morgan fingerprint density at radius 1 is 1.46 bits per heavy atom. The third-order valence-corrected chi connectivity index (χ3v) is 2.19. The van der Waals surface area contributed by atoms with E-state index in [1.807, 2.05) is 18.9 Å². The number of rotatable bonds is 1. The van der Waals surface area contributed by atoms with Crippen LogP contribution >= 0.6 is 12.4 Å². The molecule has 0 atom stereocenters. The predicted octanol–water partition coefficient (Wildman–Crippen LogP) is 0.385. The lowest BCUT2D eigenvalue weighted by molar-refractivity contribution is 0.158. The maximum atomic E-state index is 11.6. The standard InChI is InChI=1S/C8H17N3O.ClH/c1-3-10(2)8(12)11-6-4-9-5-7-11;/h9H,3-7H2,1-2H3;1H. The molecule has 1 rings (SSSR count). The Morgan fingerprint density at radius 2 is 2.00 bits per heavy atom. The van der Waals surface area contributed by atoms with Gasteiger partial charge in [0.1, 0.15) is 0 Å². The van der Waals surface area contributed by atoms with Gasteiger partial charge in [-0.25, -0.2) is 4.79 Å². The lowest BCUT2D eigenvalue weighted by Crippen LogP contribution is -2.50. The normalized spacial score (nSPS) is 16.3. The Bertz CT molecular complexity index is 159. The summed E-state index contributed by atoms with van der Waals surface area (Å²) in [6.45, 7) is 6.28. The molecule has 0 aromatic carbocycles. The number of hydrogen-bond acceptors (Lipinski definition) is 2. The number of hydrogen-bond donors (Lipinski definition) is 1.